The maximum atomic E-state index is 8.84. The average molecular weight is 213 g/mol. The van der Waals surface area contributed by atoms with Crippen molar-refractivity contribution in [3.05, 3.63) is 0 Å². The molecule has 0 bridgehead atoms. The van der Waals surface area contributed by atoms with Gasteiger partial charge in [-0.25, -0.2) is 0 Å². The monoisotopic (exact) mass is 213 g/mol. The number of aliphatic hydroxyl groups excluding tert-OH is 1. The molecule has 1 rings (SSSR count). The molecule has 0 aromatic heterocycles. The van der Waals surface area contributed by atoms with Crippen LogP contribution in [0.5, 0.6) is 0 Å². The van der Waals surface area contributed by atoms with Crippen molar-refractivity contribution in [2.75, 3.05) is 6.61 Å². The number of aliphatic hydroxyl groups is 1. The molecule has 1 saturated carbocycles. The molecular weight excluding hydrogens is 186 g/mol. The Kier molecular flexibility index (Phi) is 5.62. The van der Waals surface area contributed by atoms with Gasteiger partial charge < -0.3 is 10.4 Å². The van der Waals surface area contributed by atoms with E-state index in [1.807, 2.05) is 0 Å². The normalized spacial score (nSPS) is 29.4. The van der Waals surface area contributed by atoms with E-state index in [2.05, 4.69) is 26.1 Å². The summed E-state index contributed by atoms with van der Waals surface area (Å²) >= 11 is 0. The van der Waals surface area contributed by atoms with Gasteiger partial charge in [-0.15, -0.1) is 0 Å². The Balaban J connectivity index is 2.19. The molecule has 1 fully saturated rings. The molecule has 2 nitrogen and oxygen atoms in total. The molecule has 0 aromatic carbocycles. The Bertz CT molecular complexity index is 162. The van der Waals surface area contributed by atoms with E-state index in [0.29, 0.717) is 18.7 Å². The van der Waals surface area contributed by atoms with Crippen molar-refractivity contribution in [1.82, 2.24) is 5.32 Å². The molecule has 1 aliphatic rings. The number of hydrogen-bond donors (Lipinski definition) is 2. The highest BCUT2D eigenvalue weighted by atomic mass is 16.3. The summed E-state index contributed by atoms with van der Waals surface area (Å²) in [6, 6.07) is 1.16. The maximum absolute atomic E-state index is 8.84. The van der Waals surface area contributed by atoms with Crippen LogP contribution in [0.15, 0.2) is 0 Å². The van der Waals surface area contributed by atoms with E-state index in [1.165, 1.54) is 25.7 Å². The average Bonchev–Trinajstić information content (AvgIpc) is 2.18. The summed E-state index contributed by atoms with van der Waals surface area (Å²) in [5, 5.41) is 12.5. The van der Waals surface area contributed by atoms with Gasteiger partial charge in [0.1, 0.15) is 0 Å². The van der Waals surface area contributed by atoms with Crippen molar-refractivity contribution >= 4 is 0 Å². The zero-order valence-corrected chi connectivity index (χ0v) is 10.5. The van der Waals surface area contributed by atoms with Gasteiger partial charge in [0.2, 0.25) is 0 Å². The molecule has 0 amide bonds. The van der Waals surface area contributed by atoms with Gasteiger partial charge in [0.25, 0.3) is 0 Å². The molecule has 0 radical (unpaired) electrons. The fraction of sp³-hybridized carbons (Fsp3) is 1.00. The van der Waals surface area contributed by atoms with E-state index in [0.717, 1.165) is 18.3 Å². The lowest BCUT2D eigenvalue weighted by Gasteiger charge is -2.33. The standard InChI is InChI=1S/C13H27NO/c1-10(2)12-4-6-13(7-5-12)14-11(3)8-9-15/h10-15H,4-9H2,1-3H3/t11-,12?,13?/m1/s1. The van der Waals surface area contributed by atoms with Crippen LogP contribution in [0.4, 0.5) is 0 Å². The minimum absolute atomic E-state index is 0.301. The van der Waals surface area contributed by atoms with Gasteiger partial charge in [0, 0.05) is 18.7 Å². The SMILES string of the molecule is CC(C)C1CCC(N[C@H](C)CCO)CC1. The molecule has 2 heteroatoms. The van der Waals surface area contributed by atoms with Crippen molar-refractivity contribution in [3.63, 3.8) is 0 Å². The largest absolute Gasteiger partial charge is 0.396 e. The third-order valence-corrected chi connectivity index (χ3v) is 3.80. The second kappa shape index (κ2) is 6.49. The summed E-state index contributed by atoms with van der Waals surface area (Å²) in [5.41, 5.74) is 0. The van der Waals surface area contributed by atoms with Gasteiger partial charge in [-0.3, -0.25) is 0 Å². The number of rotatable bonds is 5. The first-order chi connectivity index (χ1) is 7.13. The van der Waals surface area contributed by atoms with Gasteiger partial charge >= 0.3 is 0 Å². The van der Waals surface area contributed by atoms with Crippen LogP contribution in [0.25, 0.3) is 0 Å². The fourth-order valence-electron chi connectivity index (χ4n) is 2.63. The lowest BCUT2D eigenvalue weighted by molar-refractivity contribution is 0.216. The predicted octanol–water partition coefficient (Wildman–Crippen LogP) is 2.56. The summed E-state index contributed by atoms with van der Waals surface area (Å²) in [6.45, 7) is 7.15. The second-order valence-electron chi connectivity index (χ2n) is 5.44. The van der Waals surface area contributed by atoms with Crippen LogP contribution >= 0.6 is 0 Å². The maximum Gasteiger partial charge on any atom is 0.0445 e. The molecule has 1 atom stereocenters. The first-order valence-electron chi connectivity index (χ1n) is 6.50. The molecule has 0 saturated heterocycles. The molecular formula is C13H27NO. The zero-order chi connectivity index (χ0) is 11.3. The molecule has 1 aliphatic carbocycles. The predicted molar refractivity (Wildman–Crippen MR) is 64.9 cm³/mol. The van der Waals surface area contributed by atoms with E-state index in [1.54, 1.807) is 0 Å². The summed E-state index contributed by atoms with van der Waals surface area (Å²) in [6.07, 6.45) is 6.27. The van der Waals surface area contributed by atoms with E-state index >= 15 is 0 Å². The minimum atomic E-state index is 0.301. The molecule has 0 unspecified atom stereocenters. The van der Waals surface area contributed by atoms with Crippen molar-refractivity contribution in [3.8, 4) is 0 Å². The van der Waals surface area contributed by atoms with Gasteiger partial charge in [-0.2, -0.15) is 0 Å². The number of nitrogens with one attached hydrogen (secondary N) is 1. The van der Waals surface area contributed by atoms with Crippen molar-refractivity contribution < 1.29 is 5.11 Å². The van der Waals surface area contributed by atoms with Crippen LogP contribution in [0.2, 0.25) is 0 Å². The Morgan fingerprint density at radius 2 is 1.73 bits per heavy atom. The Hall–Kier alpha value is -0.0800. The van der Waals surface area contributed by atoms with Gasteiger partial charge in [-0.05, 0) is 50.9 Å². The van der Waals surface area contributed by atoms with E-state index in [-0.39, 0.29) is 0 Å². The lowest BCUT2D eigenvalue weighted by atomic mass is 9.79. The molecule has 2 N–H and O–H groups in total. The quantitative estimate of drug-likeness (QED) is 0.735. The molecule has 0 heterocycles. The Morgan fingerprint density at radius 3 is 2.20 bits per heavy atom. The van der Waals surface area contributed by atoms with Crippen LogP contribution in [0.1, 0.15) is 52.9 Å². The highest BCUT2D eigenvalue weighted by Crippen LogP contribution is 2.29. The lowest BCUT2D eigenvalue weighted by Crippen LogP contribution is -2.39. The fourth-order valence-corrected chi connectivity index (χ4v) is 2.63. The van der Waals surface area contributed by atoms with Crippen molar-refractivity contribution in [2.45, 2.75) is 65.0 Å². The smallest absolute Gasteiger partial charge is 0.0445 e. The van der Waals surface area contributed by atoms with Gasteiger partial charge in [-0.1, -0.05) is 13.8 Å². The first-order valence-corrected chi connectivity index (χ1v) is 6.50. The Morgan fingerprint density at radius 1 is 1.13 bits per heavy atom. The van der Waals surface area contributed by atoms with Crippen LogP contribution < -0.4 is 5.32 Å². The Labute approximate surface area is 94.5 Å². The highest BCUT2D eigenvalue weighted by molar-refractivity contribution is 4.80. The third-order valence-electron chi connectivity index (χ3n) is 3.80. The molecule has 0 spiro atoms. The minimum Gasteiger partial charge on any atom is -0.396 e. The van der Waals surface area contributed by atoms with Gasteiger partial charge in [0.05, 0.1) is 0 Å². The first kappa shape index (κ1) is 13.0. The molecule has 90 valence electrons. The summed E-state index contributed by atoms with van der Waals surface area (Å²) in [7, 11) is 0. The van der Waals surface area contributed by atoms with E-state index < -0.39 is 0 Å². The van der Waals surface area contributed by atoms with Crippen LogP contribution in [0.3, 0.4) is 0 Å². The van der Waals surface area contributed by atoms with Crippen LogP contribution in [-0.4, -0.2) is 23.8 Å². The molecule has 15 heavy (non-hydrogen) atoms. The topological polar surface area (TPSA) is 32.3 Å². The summed E-state index contributed by atoms with van der Waals surface area (Å²) < 4.78 is 0. The van der Waals surface area contributed by atoms with Gasteiger partial charge in [0.15, 0.2) is 0 Å². The van der Waals surface area contributed by atoms with Crippen LogP contribution in [0, 0.1) is 11.8 Å². The van der Waals surface area contributed by atoms with E-state index in [9.17, 15) is 0 Å². The second-order valence-corrected chi connectivity index (χ2v) is 5.44. The number of hydrogen-bond acceptors (Lipinski definition) is 2. The molecule has 0 aromatic rings. The van der Waals surface area contributed by atoms with Crippen LogP contribution in [-0.2, 0) is 0 Å². The summed E-state index contributed by atoms with van der Waals surface area (Å²) in [4.78, 5) is 0. The summed E-state index contributed by atoms with van der Waals surface area (Å²) in [5.74, 6) is 1.79. The van der Waals surface area contributed by atoms with Crippen molar-refractivity contribution in [2.24, 2.45) is 11.8 Å². The zero-order valence-electron chi connectivity index (χ0n) is 10.5. The third kappa shape index (κ3) is 4.52. The highest BCUT2D eigenvalue weighted by Gasteiger charge is 2.23. The molecule has 0 aliphatic heterocycles. The van der Waals surface area contributed by atoms with Crippen molar-refractivity contribution in [1.29, 1.82) is 0 Å². The van der Waals surface area contributed by atoms with E-state index in [4.69, 9.17) is 5.11 Å².